The van der Waals surface area contributed by atoms with Crippen molar-refractivity contribution in [3.8, 4) is 17.3 Å². The highest BCUT2D eigenvalue weighted by Crippen LogP contribution is 2.38. The molecule has 12 heteroatoms. The fourth-order valence-electron chi connectivity index (χ4n) is 6.15. The molecule has 2 fully saturated rings. The number of pyridine rings is 1. The van der Waals surface area contributed by atoms with E-state index in [-0.39, 0.29) is 18.0 Å². The minimum Gasteiger partial charge on any atom is -0.494 e. The molecular weight excluding hydrogens is 554 g/mol. The number of nitrogens with zero attached hydrogens (tertiary/aromatic N) is 6. The van der Waals surface area contributed by atoms with Crippen molar-refractivity contribution in [2.24, 2.45) is 18.7 Å². The predicted molar refractivity (Wildman–Crippen MR) is 164 cm³/mol. The average Bonchev–Trinajstić information content (AvgIpc) is 3.62. The zero-order chi connectivity index (χ0) is 29.9. The molecular formula is C30H39N7O4S. The zero-order valence-corrected chi connectivity index (χ0v) is 25.7. The maximum atomic E-state index is 13.6. The van der Waals surface area contributed by atoms with Gasteiger partial charge in [0.15, 0.2) is 5.82 Å². The van der Waals surface area contributed by atoms with E-state index in [0.717, 1.165) is 60.3 Å². The third-order valence-corrected chi connectivity index (χ3v) is 9.87. The van der Waals surface area contributed by atoms with Crippen molar-refractivity contribution in [2.75, 3.05) is 30.8 Å². The number of ether oxygens (including phenoxy) is 1. The lowest BCUT2D eigenvalue weighted by Gasteiger charge is -2.36. The first-order valence-electron chi connectivity index (χ1n) is 14.6. The topological polar surface area (TPSA) is 129 Å². The van der Waals surface area contributed by atoms with Gasteiger partial charge in [0.1, 0.15) is 22.7 Å². The fraction of sp³-hybridized carbons (Fsp3) is 0.500. The van der Waals surface area contributed by atoms with Crippen LogP contribution in [0.4, 0.5) is 5.82 Å². The number of likely N-dealkylation sites (tertiary alicyclic amines) is 1. The van der Waals surface area contributed by atoms with E-state index in [1.807, 2.05) is 28.6 Å². The quantitative estimate of drug-likeness (QED) is 0.330. The Morgan fingerprint density at radius 1 is 1.14 bits per heavy atom. The van der Waals surface area contributed by atoms with Gasteiger partial charge in [0.2, 0.25) is 10.0 Å². The van der Waals surface area contributed by atoms with Gasteiger partial charge in [0.25, 0.3) is 5.91 Å². The van der Waals surface area contributed by atoms with Crippen LogP contribution < -0.4 is 14.8 Å². The first-order chi connectivity index (χ1) is 20.0. The van der Waals surface area contributed by atoms with Gasteiger partial charge in [0.05, 0.1) is 24.6 Å². The maximum Gasteiger partial charge on any atom is 0.254 e. The summed E-state index contributed by atoms with van der Waals surface area (Å²) in [4.78, 5) is 25.4. The lowest BCUT2D eigenvalue weighted by Crippen LogP contribution is -2.50. The molecule has 0 spiro atoms. The van der Waals surface area contributed by atoms with Gasteiger partial charge in [-0.2, -0.15) is 0 Å². The summed E-state index contributed by atoms with van der Waals surface area (Å²) < 4.78 is 36.1. The number of aromatic nitrogens is 4. The van der Waals surface area contributed by atoms with Crippen LogP contribution in [0.2, 0.25) is 0 Å². The largest absolute Gasteiger partial charge is 0.494 e. The Bertz CT molecular complexity index is 1790. The monoisotopic (exact) mass is 593 g/mol. The van der Waals surface area contributed by atoms with Gasteiger partial charge in [-0.3, -0.25) is 9.10 Å². The number of carbonyl (C=O) groups excluding carboxylic acids is 1. The molecule has 2 N–H and O–H groups in total. The number of benzene rings is 1. The van der Waals surface area contributed by atoms with Crippen molar-refractivity contribution in [1.29, 1.82) is 0 Å². The van der Waals surface area contributed by atoms with Crippen LogP contribution in [0, 0.1) is 5.92 Å². The third-order valence-electron chi connectivity index (χ3n) is 8.62. The summed E-state index contributed by atoms with van der Waals surface area (Å²) >= 11 is 0. The lowest BCUT2D eigenvalue weighted by molar-refractivity contribution is 0.0612. The molecule has 0 unspecified atom stereocenters. The summed E-state index contributed by atoms with van der Waals surface area (Å²) in [6.45, 7) is 5.44. The summed E-state index contributed by atoms with van der Waals surface area (Å²) in [5, 5.41) is 0.907. The van der Waals surface area contributed by atoms with Gasteiger partial charge in [-0.1, -0.05) is 0 Å². The van der Waals surface area contributed by atoms with Crippen molar-refractivity contribution in [1.82, 2.24) is 24.0 Å². The minimum atomic E-state index is -3.47. The molecule has 0 bridgehead atoms. The van der Waals surface area contributed by atoms with Gasteiger partial charge >= 0.3 is 0 Å². The first kappa shape index (κ1) is 28.5. The van der Waals surface area contributed by atoms with Crippen molar-refractivity contribution < 1.29 is 17.9 Å². The van der Waals surface area contributed by atoms with Crippen LogP contribution in [0.3, 0.4) is 0 Å². The number of amides is 1. The van der Waals surface area contributed by atoms with E-state index >= 15 is 0 Å². The normalized spacial score (nSPS) is 19.5. The molecule has 224 valence electrons. The Morgan fingerprint density at radius 3 is 2.57 bits per heavy atom. The Balaban J connectivity index is 1.48. The number of sulfonamides is 1. The highest BCUT2D eigenvalue weighted by atomic mass is 32.2. The maximum absolute atomic E-state index is 13.6. The highest BCUT2D eigenvalue weighted by molar-refractivity contribution is 7.92. The average molecular weight is 594 g/mol. The van der Waals surface area contributed by atoms with E-state index in [2.05, 4.69) is 17.6 Å². The Hall–Kier alpha value is -3.64. The van der Waals surface area contributed by atoms with Gasteiger partial charge < -0.3 is 24.5 Å². The van der Waals surface area contributed by atoms with E-state index in [4.69, 9.17) is 20.4 Å². The third kappa shape index (κ3) is 5.00. The molecule has 3 aromatic heterocycles. The molecule has 1 aromatic carbocycles. The number of rotatable bonds is 8. The first-order valence-corrected chi connectivity index (χ1v) is 16.4. The molecule has 1 saturated carbocycles. The van der Waals surface area contributed by atoms with Crippen molar-refractivity contribution >= 4 is 43.8 Å². The molecule has 0 radical (unpaired) electrons. The number of methoxy groups -OCH3 is 1. The van der Waals surface area contributed by atoms with Gasteiger partial charge in [-0.15, -0.1) is 0 Å². The van der Waals surface area contributed by atoms with Crippen LogP contribution in [0.1, 0.15) is 49.9 Å². The number of hydrogen-bond donors (Lipinski definition) is 1. The van der Waals surface area contributed by atoms with E-state index in [0.29, 0.717) is 41.7 Å². The zero-order valence-electron chi connectivity index (χ0n) is 24.9. The summed E-state index contributed by atoms with van der Waals surface area (Å²) in [7, 11) is 0.0783. The van der Waals surface area contributed by atoms with Gasteiger partial charge in [0, 0.05) is 49.7 Å². The molecule has 1 aliphatic heterocycles. The molecule has 1 saturated heterocycles. The van der Waals surface area contributed by atoms with Crippen LogP contribution in [-0.2, 0) is 23.6 Å². The molecule has 2 atom stereocenters. The molecule has 4 heterocycles. The predicted octanol–water partition coefficient (Wildman–Crippen LogP) is 3.75. The molecule has 6 rings (SSSR count). The lowest BCUT2D eigenvalue weighted by atomic mass is 9.99. The molecule has 1 aliphatic carbocycles. The van der Waals surface area contributed by atoms with Crippen LogP contribution in [0.15, 0.2) is 30.3 Å². The second-order valence-corrected chi connectivity index (χ2v) is 13.7. The Morgan fingerprint density at radius 2 is 1.90 bits per heavy atom. The van der Waals surface area contributed by atoms with E-state index < -0.39 is 10.0 Å². The second kappa shape index (κ2) is 10.6. The van der Waals surface area contributed by atoms with Crippen molar-refractivity contribution in [3.63, 3.8) is 0 Å². The number of fused-ring (bicyclic) bond motifs is 2. The molecule has 11 nitrogen and oxygen atoms in total. The molecule has 42 heavy (non-hydrogen) atoms. The number of imidazole rings is 1. The summed E-state index contributed by atoms with van der Waals surface area (Å²) in [5.74, 6) is 2.15. The second-order valence-electron chi connectivity index (χ2n) is 11.8. The highest BCUT2D eigenvalue weighted by Gasteiger charge is 2.30. The SMILES string of the molecule is CCN(c1ccc2cc(-c3nc4cc(C(=O)N5C[C@H](N)CC[C@@H]5C)cc(OC)c4n3C)n(CC3CC3)c2n1)S(C)(=O)=O. The van der Waals surface area contributed by atoms with Crippen molar-refractivity contribution in [2.45, 2.75) is 58.2 Å². The summed E-state index contributed by atoms with van der Waals surface area (Å²) in [6.07, 6.45) is 5.27. The smallest absolute Gasteiger partial charge is 0.254 e. The molecule has 1 amide bonds. The number of nitrogens with two attached hydrogens (primary N) is 1. The summed E-state index contributed by atoms with van der Waals surface area (Å²) in [5.41, 5.74) is 9.79. The van der Waals surface area contributed by atoms with E-state index in [9.17, 15) is 13.2 Å². The Labute approximate surface area is 246 Å². The standard InChI is InChI=1S/C30H39N7O4S/c1-6-37(42(5,39)40)26-12-10-20-14-24(36(28(20)33-26)16-19-8-9-19)29-32-23-13-21(15-25(41-4)27(23)34(29)3)30(38)35-17-22(31)11-7-18(35)2/h10,12-15,18-19,22H,6-9,11,16-17,31H2,1-5H3/t18-,22+/m0/s1. The molecule has 2 aliphatic rings. The Kier molecular flexibility index (Phi) is 7.17. The van der Waals surface area contributed by atoms with Gasteiger partial charge in [-0.05, 0) is 75.8 Å². The number of aryl methyl sites for hydroxylation is 1. The fourth-order valence-corrected chi connectivity index (χ4v) is 7.06. The van der Waals surface area contributed by atoms with Crippen LogP contribution >= 0.6 is 0 Å². The number of hydrogen-bond acceptors (Lipinski definition) is 7. The number of carbonyl (C=O) groups is 1. The van der Waals surface area contributed by atoms with Crippen LogP contribution in [-0.4, -0.2) is 76.9 Å². The van der Waals surface area contributed by atoms with E-state index in [1.54, 1.807) is 26.2 Å². The van der Waals surface area contributed by atoms with Crippen molar-refractivity contribution in [3.05, 3.63) is 35.9 Å². The van der Waals surface area contributed by atoms with Crippen LogP contribution in [0.25, 0.3) is 33.6 Å². The minimum absolute atomic E-state index is 0.0263. The number of piperidine rings is 1. The summed E-state index contributed by atoms with van der Waals surface area (Å²) in [6, 6.07) is 9.45. The van der Waals surface area contributed by atoms with E-state index in [1.165, 1.54) is 10.6 Å². The molecule has 4 aromatic rings. The number of anilines is 1. The van der Waals surface area contributed by atoms with Gasteiger partial charge in [-0.25, -0.2) is 18.4 Å². The van der Waals surface area contributed by atoms with Crippen LogP contribution in [0.5, 0.6) is 5.75 Å².